The number of aromatic nitrogens is 1. The second kappa shape index (κ2) is 10.3. The van der Waals surface area contributed by atoms with Gasteiger partial charge in [-0.15, -0.1) is 0 Å². The summed E-state index contributed by atoms with van der Waals surface area (Å²) in [5.41, 5.74) is 8.22. The van der Waals surface area contributed by atoms with Crippen LogP contribution in [0.2, 0.25) is 0 Å². The van der Waals surface area contributed by atoms with Crippen LogP contribution in [0.3, 0.4) is 0 Å². The van der Waals surface area contributed by atoms with Crippen molar-refractivity contribution in [2.24, 2.45) is 11.7 Å². The van der Waals surface area contributed by atoms with Gasteiger partial charge in [-0.1, -0.05) is 48.5 Å². The molecule has 4 rings (SSSR count). The minimum atomic E-state index is -0.666. The predicted molar refractivity (Wildman–Crippen MR) is 126 cm³/mol. The summed E-state index contributed by atoms with van der Waals surface area (Å²) in [6.45, 7) is 1.26. The number of nitrogens with two attached hydrogens (primary N) is 1. The number of benzene rings is 2. The number of aryl methyl sites for hydroxylation is 1. The molecule has 32 heavy (non-hydrogen) atoms. The van der Waals surface area contributed by atoms with E-state index in [1.165, 1.54) is 0 Å². The van der Waals surface area contributed by atoms with E-state index in [9.17, 15) is 9.59 Å². The van der Waals surface area contributed by atoms with Crippen LogP contribution in [0.4, 0.5) is 5.69 Å². The number of pyridine rings is 1. The zero-order chi connectivity index (χ0) is 22.3. The zero-order valence-corrected chi connectivity index (χ0v) is 18.0. The smallest absolute Gasteiger partial charge is 0.247 e. The summed E-state index contributed by atoms with van der Waals surface area (Å²) in [7, 11) is 0. The lowest BCUT2D eigenvalue weighted by Gasteiger charge is -2.21. The largest absolute Gasteiger partial charge is 0.343 e. The Morgan fingerprint density at radius 2 is 1.91 bits per heavy atom. The first-order chi connectivity index (χ1) is 15.6. The fraction of sp³-hybridized carbons (Fsp3) is 0.320. The average molecular weight is 432 g/mol. The number of carbonyl (C=O) groups is 2. The molecule has 0 spiro atoms. The summed E-state index contributed by atoms with van der Waals surface area (Å²) >= 11 is 0. The molecule has 3 aromatic rings. The van der Waals surface area contributed by atoms with Crippen LogP contribution in [-0.4, -0.2) is 42.0 Å². The molecule has 0 bridgehead atoms. The number of nitrogens with one attached hydrogen (secondary N) is 3. The second-order valence-electron chi connectivity index (χ2n) is 8.25. The van der Waals surface area contributed by atoms with Gasteiger partial charge in [0.15, 0.2) is 0 Å². The van der Waals surface area contributed by atoms with Crippen molar-refractivity contribution in [1.29, 1.82) is 0 Å². The highest BCUT2D eigenvalue weighted by molar-refractivity contribution is 6.03. The lowest BCUT2D eigenvalue weighted by molar-refractivity contribution is -0.127. The van der Waals surface area contributed by atoms with Gasteiger partial charge in [-0.2, -0.15) is 0 Å². The van der Waals surface area contributed by atoms with Crippen molar-refractivity contribution in [2.45, 2.75) is 31.3 Å². The quantitative estimate of drug-likeness (QED) is 0.437. The number of carbonyl (C=O) groups excluding carboxylic acids is 2. The molecule has 0 radical (unpaired) electrons. The Balaban J connectivity index is 1.49. The monoisotopic (exact) mass is 431 g/mol. The van der Waals surface area contributed by atoms with E-state index in [0.29, 0.717) is 31.5 Å². The molecule has 1 saturated heterocycles. The van der Waals surface area contributed by atoms with Crippen molar-refractivity contribution in [3.8, 4) is 0 Å². The van der Waals surface area contributed by atoms with Crippen LogP contribution in [0.5, 0.6) is 0 Å². The van der Waals surface area contributed by atoms with E-state index in [-0.39, 0.29) is 23.8 Å². The van der Waals surface area contributed by atoms with Crippen LogP contribution in [-0.2, 0) is 16.0 Å². The molecule has 0 aliphatic carbocycles. The highest BCUT2D eigenvalue weighted by Gasteiger charge is 2.31. The number of nitrogens with zero attached hydrogens (tertiary/aromatic N) is 1. The SMILES string of the molecule is NCC1CNC(C(=O)NC(CCc2ccccc2)C(=O)Nc2cccc3cccnc23)C1. The molecule has 3 atom stereocenters. The van der Waals surface area contributed by atoms with Crippen LogP contribution in [0.25, 0.3) is 10.9 Å². The second-order valence-corrected chi connectivity index (χ2v) is 8.25. The van der Waals surface area contributed by atoms with E-state index in [1.807, 2.05) is 60.7 Å². The van der Waals surface area contributed by atoms with Gasteiger partial charge in [0.25, 0.3) is 0 Å². The summed E-state index contributed by atoms with van der Waals surface area (Å²) < 4.78 is 0. The van der Waals surface area contributed by atoms with Gasteiger partial charge in [0.2, 0.25) is 11.8 Å². The lowest BCUT2D eigenvalue weighted by atomic mass is 10.0. The molecule has 1 aromatic heterocycles. The molecule has 1 aliphatic rings. The van der Waals surface area contributed by atoms with E-state index in [2.05, 4.69) is 20.9 Å². The maximum atomic E-state index is 13.3. The van der Waals surface area contributed by atoms with Crippen LogP contribution in [0.1, 0.15) is 18.4 Å². The Labute approximate surface area is 187 Å². The number of hydrogen-bond donors (Lipinski definition) is 4. The van der Waals surface area contributed by atoms with Gasteiger partial charge >= 0.3 is 0 Å². The minimum absolute atomic E-state index is 0.162. The summed E-state index contributed by atoms with van der Waals surface area (Å²) in [5.74, 6) is -0.130. The van der Waals surface area contributed by atoms with Gasteiger partial charge in [0.05, 0.1) is 17.2 Å². The Morgan fingerprint density at radius 1 is 1.09 bits per heavy atom. The average Bonchev–Trinajstić information content (AvgIpc) is 3.32. The lowest BCUT2D eigenvalue weighted by Crippen LogP contribution is -2.50. The summed E-state index contributed by atoms with van der Waals surface area (Å²) in [6, 6.07) is 18.4. The van der Waals surface area contributed by atoms with Crippen molar-refractivity contribution in [1.82, 2.24) is 15.6 Å². The maximum absolute atomic E-state index is 13.3. The number of amides is 2. The molecule has 2 aromatic carbocycles. The topological polar surface area (TPSA) is 109 Å². The standard InChI is InChI=1S/C25H29N5O2/c26-15-18-14-22(28-16-18)25(32)30-21(12-11-17-6-2-1-3-7-17)24(31)29-20-10-4-8-19-9-5-13-27-23(19)20/h1-10,13,18,21-22,28H,11-12,14-16,26H2,(H,29,31)(H,30,32). The Morgan fingerprint density at radius 3 is 2.69 bits per heavy atom. The molecule has 7 nitrogen and oxygen atoms in total. The third kappa shape index (κ3) is 5.30. The predicted octanol–water partition coefficient (Wildman–Crippen LogP) is 2.23. The van der Waals surface area contributed by atoms with E-state index in [0.717, 1.165) is 23.0 Å². The molecule has 1 aliphatic heterocycles. The van der Waals surface area contributed by atoms with E-state index in [4.69, 9.17) is 5.73 Å². The molecular weight excluding hydrogens is 402 g/mol. The van der Waals surface area contributed by atoms with Gasteiger partial charge in [0, 0.05) is 11.6 Å². The number of hydrogen-bond acceptors (Lipinski definition) is 5. The first-order valence-electron chi connectivity index (χ1n) is 11.1. The normalized spacial score (nSPS) is 18.9. The molecule has 0 saturated carbocycles. The summed E-state index contributed by atoms with van der Waals surface area (Å²) in [5, 5.41) is 10.1. The molecule has 7 heteroatoms. The maximum Gasteiger partial charge on any atom is 0.247 e. The molecular formula is C25H29N5O2. The third-order valence-corrected chi connectivity index (χ3v) is 5.96. The Hall–Kier alpha value is -3.29. The third-order valence-electron chi connectivity index (χ3n) is 5.96. The van der Waals surface area contributed by atoms with Crippen LogP contribution >= 0.6 is 0 Å². The first-order valence-corrected chi connectivity index (χ1v) is 11.1. The first kappa shape index (κ1) is 21.9. The molecule has 1 fully saturated rings. The summed E-state index contributed by atoms with van der Waals surface area (Å²) in [4.78, 5) is 30.6. The molecule has 2 heterocycles. The highest BCUT2D eigenvalue weighted by atomic mass is 16.2. The highest BCUT2D eigenvalue weighted by Crippen LogP contribution is 2.21. The van der Waals surface area contributed by atoms with E-state index in [1.54, 1.807) is 6.20 Å². The van der Waals surface area contributed by atoms with Crippen LogP contribution < -0.4 is 21.7 Å². The van der Waals surface area contributed by atoms with E-state index >= 15 is 0 Å². The van der Waals surface area contributed by atoms with Gasteiger partial charge < -0.3 is 21.7 Å². The molecule has 2 amide bonds. The van der Waals surface area contributed by atoms with Crippen molar-refractivity contribution >= 4 is 28.4 Å². The van der Waals surface area contributed by atoms with Crippen LogP contribution in [0, 0.1) is 5.92 Å². The fourth-order valence-corrected chi connectivity index (χ4v) is 4.11. The van der Waals surface area contributed by atoms with Gasteiger partial charge in [0.1, 0.15) is 6.04 Å². The van der Waals surface area contributed by atoms with Crippen LogP contribution in [0.15, 0.2) is 66.9 Å². The van der Waals surface area contributed by atoms with Crippen molar-refractivity contribution in [3.05, 3.63) is 72.4 Å². The summed E-state index contributed by atoms with van der Waals surface area (Å²) in [6.07, 6.45) is 3.55. The number of fused-ring (bicyclic) bond motifs is 1. The minimum Gasteiger partial charge on any atom is -0.343 e. The molecule has 5 N–H and O–H groups in total. The van der Waals surface area contributed by atoms with Gasteiger partial charge in [-0.3, -0.25) is 14.6 Å². The number of para-hydroxylation sites is 1. The molecule has 166 valence electrons. The molecule has 3 unspecified atom stereocenters. The Bertz CT molecular complexity index is 1070. The van der Waals surface area contributed by atoms with Crippen molar-refractivity contribution < 1.29 is 9.59 Å². The Kier molecular flexibility index (Phi) is 7.09. The van der Waals surface area contributed by atoms with Crippen molar-refractivity contribution in [2.75, 3.05) is 18.4 Å². The van der Waals surface area contributed by atoms with Gasteiger partial charge in [-0.05, 0) is 56.0 Å². The van der Waals surface area contributed by atoms with Crippen molar-refractivity contribution in [3.63, 3.8) is 0 Å². The number of anilines is 1. The van der Waals surface area contributed by atoms with E-state index < -0.39 is 6.04 Å². The number of rotatable bonds is 8. The fourth-order valence-electron chi connectivity index (χ4n) is 4.11. The van der Waals surface area contributed by atoms with Gasteiger partial charge in [-0.25, -0.2) is 0 Å². The zero-order valence-electron chi connectivity index (χ0n) is 18.0.